The van der Waals surface area contributed by atoms with Crippen molar-refractivity contribution in [2.75, 3.05) is 6.61 Å². The zero-order valence-corrected chi connectivity index (χ0v) is 7.27. The van der Waals surface area contributed by atoms with Gasteiger partial charge in [-0.3, -0.25) is 0 Å². The summed E-state index contributed by atoms with van der Waals surface area (Å²) in [6.45, 7) is 2.14. The van der Waals surface area contributed by atoms with Gasteiger partial charge in [0.25, 0.3) is 0 Å². The molecule has 0 aromatic heterocycles. The van der Waals surface area contributed by atoms with Crippen molar-refractivity contribution >= 4 is 6.08 Å². The molecule has 0 unspecified atom stereocenters. The molecular formula is C10H8F3O. The summed E-state index contributed by atoms with van der Waals surface area (Å²) in [5, 5.41) is 0. The van der Waals surface area contributed by atoms with Gasteiger partial charge in [-0.15, -0.1) is 0 Å². The van der Waals surface area contributed by atoms with Crippen LogP contribution in [0.3, 0.4) is 0 Å². The van der Waals surface area contributed by atoms with E-state index in [0.29, 0.717) is 5.56 Å². The predicted octanol–water partition coefficient (Wildman–Crippen LogP) is 3.07. The van der Waals surface area contributed by atoms with Crippen molar-refractivity contribution in [3.05, 3.63) is 36.4 Å². The first-order valence-electron chi connectivity index (χ1n) is 3.85. The first-order valence-corrected chi connectivity index (χ1v) is 3.85. The topological polar surface area (TPSA) is 9.23 Å². The van der Waals surface area contributed by atoms with Gasteiger partial charge >= 0.3 is 6.18 Å². The number of rotatable bonds is 3. The molecule has 0 bridgehead atoms. The summed E-state index contributed by atoms with van der Waals surface area (Å²) >= 11 is 0. The Hall–Kier alpha value is -1.45. The Labute approximate surface area is 79.8 Å². The summed E-state index contributed by atoms with van der Waals surface area (Å²) in [5.41, 5.74) is 0.428. The van der Waals surface area contributed by atoms with Crippen LogP contribution in [-0.4, -0.2) is 12.8 Å². The Morgan fingerprint density at radius 1 is 1.50 bits per heavy atom. The number of benzene rings is 1. The molecule has 0 aliphatic heterocycles. The largest absolute Gasteiger partial charge is 0.483 e. The lowest BCUT2D eigenvalue weighted by Gasteiger charge is -2.10. The zero-order chi connectivity index (χ0) is 10.6. The van der Waals surface area contributed by atoms with Crippen LogP contribution in [0, 0.1) is 6.07 Å². The van der Waals surface area contributed by atoms with Crippen LogP contribution < -0.4 is 4.74 Å². The van der Waals surface area contributed by atoms with E-state index in [-0.39, 0.29) is 5.75 Å². The molecule has 0 atom stereocenters. The lowest BCUT2D eigenvalue weighted by Crippen LogP contribution is -2.19. The smallest absolute Gasteiger partial charge is 0.422 e. The highest BCUT2D eigenvalue weighted by atomic mass is 19.4. The van der Waals surface area contributed by atoms with Crippen molar-refractivity contribution < 1.29 is 17.9 Å². The van der Waals surface area contributed by atoms with E-state index in [1.165, 1.54) is 12.1 Å². The molecule has 4 heteroatoms. The molecule has 0 fully saturated rings. The Morgan fingerprint density at radius 3 is 2.79 bits per heavy atom. The van der Waals surface area contributed by atoms with E-state index >= 15 is 0 Å². The van der Waals surface area contributed by atoms with Gasteiger partial charge in [0.1, 0.15) is 5.75 Å². The quantitative estimate of drug-likeness (QED) is 0.730. The second kappa shape index (κ2) is 4.17. The molecule has 1 aromatic carbocycles. The third-order valence-corrected chi connectivity index (χ3v) is 1.44. The van der Waals surface area contributed by atoms with Crippen molar-refractivity contribution in [1.29, 1.82) is 0 Å². The van der Waals surface area contributed by atoms with Crippen LogP contribution in [0.15, 0.2) is 24.8 Å². The van der Waals surface area contributed by atoms with Gasteiger partial charge < -0.3 is 4.74 Å². The Morgan fingerprint density at radius 2 is 2.21 bits per heavy atom. The fourth-order valence-corrected chi connectivity index (χ4v) is 0.879. The molecule has 14 heavy (non-hydrogen) atoms. The standard InChI is InChI=1S/C10H8F3O/c1-2-8-5-3-4-6-9(8)14-7-10(11,12)13/h2-4,6H,1,7H2. The summed E-state index contributed by atoms with van der Waals surface area (Å²) in [7, 11) is 0. The van der Waals surface area contributed by atoms with Crippen LogP contribution in [0.25, 0.3) is 6.08 Å². The fourth-order valence-electron chi connectivity index (χ4n) is 0.879. The number of alkyl halides is 3. The third-order valence-electron chi connectivity index (χ3n) is 1.44. The molecule has 0 amide bonds. The molecule has 0 saturated carbocycles. The fraction of sp³-hybridized carbons (Fsp3) is 0.200. The van der Waals surface area contributed by atoms with E-state index in [4.69, 9.17) is 0 Å². The van der Waals surface area contributed by atoms with Gasteiger partial charge in [0.15, 0.2) is 6.61 Å². The average molecular weight is 201 g/mol. The van der Waals surface area contributed by atoms with Crippen molar-refractivity contribution in [2.45, 2.75) is 6.18 Å². The van der Waals surface area contributed by atoms with Gasteiger partial charge in [-0.25, -0.2) is 0 Å². The van der Waals surface area contributed by atoms with Crippen LogP contribution in [0.1, 0.15) is 5.56 Å². The molecule has 0 heterocycles. The molecule has 1 aromatic rings. The highest BCUT2D eigenvalue weighted by Gasteiger charge is 2.28. The first-order chi connectivity index (χ1) is 6.53. The van der Waals surface area contributed by atoms with Gasteiger partial charge in [0, 0.05) is 5.56 Å². The van der Waals surface area contributed by atoms with E-state index in [9.17, 15) is 13.2 Å². The molecule has 75 valence electrons. The molecule has 0 N–H and O–H groups in total. The van der Waals surface area contributed by atoms with E-state index in [1.807, 2.05) is 0 Å². The summed E-state index contributed by atoms with van der Waals surface area (Å²) in [6.07, 6.45) is -2.93. The lowest BCUT2D eigenvalue weighted by atomic mass is 10.2. The Bertz CT molecular complexity index is 317. The highest BCUT2D eigenvalue weighted by Crippen LogP contribution is 2.22. The average Bonchev–Trinajstić information content (AvgIpc) is 2.14. The summed E-state index contributed by atoms with van der Waals surface area (Å²) in [4.78, 5) is 0. The highest BCUT2D eigenvalue weighted by molar-refractivity contribution is 5.54. The van der Waals surface area contributed by atoms with Gasteiger partial charge in [0.05, 0.1) is 0 Å². The van der Waals surface area contributed by atoms with E-state index in [2.05, 4.69) is 17.4 Å². The molecule has 0 spiro atoms. The number of hydrogen-bond acceptors (Lipinski definition) is 1. The van der Waals surface area contributed by atoms with Crippen LogP contribution in [0.5, 0.6) is 5.75 Å². The predicted molar refractivity (Wildman–Crippen MR) is 46.9 cm³/mol. The monoisotopic (exact) mass is 201 g/mol. The van der Waals surface area contributed by atoms with Gasteiger partial charge in [-0.1, -0.05) is 24.8 Å². The number of halogens is 3. The van der Waals surface area contributed by atoms with Crippen LogP contribution in [0.4, 0.5) is 13.2 Å². The van der Waals surface area contributed by atoms with Crippen LogP contribution in [-0.2, 0) is 0 Å². The molecule has 1 radical (unpaired) electrons. The Balaban J connectivity index is 2.71. The minimum atomic E-state index is -4.33. The zero-order valence-electron chi connectivity index (χ0n) is 7.27. The number of hydrogen-bond donors (Lipinski definition) is 0. The van der Waals surface area contributed by atoms with Gasteiger partial charge in [-0.2, -0.15) is 13.2 Å². The van der Waals surface area contributed by atoms with Crippen molar-refractivity contribution in [2.24, 2.45) is 0 Å². The summed E-state index contributed by atoms with van der Waals surface area (Å²) < 4.78 is 40.0. The second-order valence-corrected chi connectivity index (χ2v) is 2.56. The van der Waals surface area contributed by atoms with E-state index < -0.39 is 12.8 Å². The summed E-state index contributed by atoms with van der Waals surface area (Å²) in [6, 6.07) is 7.29. The molecule has 0 aliphatic carbocycles. The van der Waals surface area contributed by atoms with Crippen LogP contribution in [0.2, 0.25) is 0 Å². The normalized spacial score (nSPS) is 11.1. The second-order valence-electron chi connectivity index (χ2n) is 2.56. The number of ether oxygens (including phenoxy) is 1. The van der Waals surface area contributed by atoms with Crippen molar-refractivity contribution in [3.8, 4) is 5.75 Å². The molecule has 1 rings (SSSR count). The minimum absolute atomic E-state index is 0.139. The molecular weight excluding hydrogens is 193 g/mol. The molecule has 0 saturated heterocycles. The molecule has 0 aliphatic rings. The van der Waals surface area contributed by atoms with Crippen molar-refractivity contribution in [3.63, 3.8) is 0 Å². The first kappa shape index (κ1) is 10.6. The maximum atomic E-state index is 11.8. The van der Waals surface area contributed by atoms with Crippen LogP contribution >= 0.6 is 0 Å². The maximum absolute atomic E-state index is 11.8. The maximum Gasteiger partial charge on any atom is 0.422 e. The van der Waals surface area contributed by atoms with Gasteiger partial charge in [0.2, 0.25) is 0 Å². The lowest BCUT2D eigenvalue weighted by molar-refractivity contribution is -0.153. The summed E-state index contributed by atoms with van der Waals surface area (Å²) in [5.74, 6) is 0.139. The Kier molecular flexibility index (Phi) is 3.17. The SMILES string of the molecule is C=Cc1[c]cccc1OCC(F)(F)F. The van der Waals surface area contributed by atoms with Gasteiger partial charge in [-0.05, 0) is 12.1 Å². The minimum Gasteiger partial charge on any atom is -0.483 e. The van der Waals surface area contributed by atoms with E-state index in [0.717, 1.165) is 0 Å². The molecule has 1 nitrogen and oxygen atoms in total. The third kappa shape index (κ3) is 3.12. The van der Waals surface area contributed by atoms with Crippen molar-refractivity contribution in [1.82, 2.24) is 0 Å². The van der Waals surface area contributed by atoms with E-state index in [1.54, 1.807) is 12.1 Å².